The van der Waals surface area contributed by atoms with Crippen molar-refractivity contribution in [3.8, 4) is 0 Å². The number of benzene rings is 2. The lowest BCUT2D eigenvalue weighted by Gasteiger charge is -2.14. The van der Waals surface area contributed by atoms with Gasteiger partial charge in [-0.3, -0.25) is 0 Å². The molecule has 0 spiro atoms. The molecule has 2 rings (SSSR count). The molecular weight excluding hydrogens is 289 g/mol. The molecule has 0 fully saturated rings. The van der Waals surface area contributed by atoms with Gasteiger partial charge < -0.3 is 10.2 Å². The molecule has 0 aliphatic heterocycles. The molecule has 0 heterocycles. The Kier molecular flexibility index (Phi) is 5.37. The highest BCUT2D eigenvalue weighted by molar-refractivity contribution is 5.70. The largest absolute Gasteiger partial charge is 0.366 e. The highest BCUT2D eigenvalue weighted by atomic mass is 19.1. The second-order valence-electron chi connectivity index (χ2n) is 5.88. The van der Waals surface area contributed by atoms with Crippen LogP contribution in [0, 0.1) is 26.6 Å². The average Bonchev–Trinajstić information content (AvgIpc) is 2.52. The molecule has 0 aliphatic rings. The van der Waals surface area contributed by atoms with Crippen LogP contribution in [-0.2, 0) is 0 Å². The number of aryl methyl sites for hydroxylation is 3. The summed E-state index contributed by atoms with van der Waals surface area (Å²) < 4.78 is 14.3. The van der Waals surface area contributed by atoms with Crippen LogP contribution in [0.4, 0.5) is 21.5 Å². The van der Waals surface area contributed by atoms with E-state index in [4.69, 9.17) is 0 Å². The minimum Gasteiger partial charge on any atom is -0.366 e. The molecular formula is C19H24FN3. The van der Waals surface area contributed by atoms with Crippen molar-refractivity contribution in [3.05, 3.63) is 52.8 Å². The van der Waals surface area contributed by atoms with Crippen molar-refractivity contribution in [2.24, 2.45) is 4.99 Å². The Morgan fingerprint density at radius 2 is 1.78 bits per heavy atom. The fourth-order valence-electron chi connectivity index (χ4n) is 2.16. The summed E-state index contributed by atoms with van der Waals surface area (Å²) in [6.07, 6.45) is 1.65. The first-order valence-electron chi connectivity index (χ1n) is 7.79. The van der Waals surface area contributed by atoms with Crippen molar-refractivity contribution >= 4 is 23.4 Å². The molecule has 4 heteroatoms. The fourth-order valence-corrected chi connectivity index (χ4v) is 2.16. The molecule has 0 atom stereocenters. The lowest BCUT2D eigenvalue weighted by Crippen LogP contribution is -2.14. The number of halogens is 1. The Morgan fingerprint density at radius 3 is 2.48 bits per heavy atom. The molecule has 23 heavy (non-hydrogen) atoms. The molecule has 0 amide bonds. The Morgan fingerprint density at radius 1 is 1.09 bits per heavy atom. The van der Waals surface area contributed by atoms with Crippen LogP contribution in [-0.4, -0.2) is 24.8 Å². The molecule has 3 nitrogen and oxygen atoms in total. The van der Waals surface area contributed by atoms with Crippen LogP contribution in [0.1, 0.15) is 23.6 Å². The Balaban J connectivity index is 2.29. The highest BCUT2D eigenvalue weighted by Crippen LogP contribution is 2.29. The summed E-state index contributed by atoms with van der Waals surface area (Å²) in [5, 5.41) is 3.32. The number of aliphatic imine (C=N–C) groups is 1. The maximum absolute atomic E-state index is 14.3. The summed E-state index contributed by atoms with van der Waals surface area (Å²) in [5.74, 6) is -0.329. The summed E-state index contributed by atoms with van der Waals surface area (Å²) in [7, 11) is 1.91. The van der Waals surface area contributed by atoms with Gasteiger partial charge in [0.05, 0.1) is 6.34 Å². The third kappa shape index (κ3) is 4.31. The average molecular weight is 313 g/mol. The second kappa shape index (κ2) is 7.27. The van der Waals surface area contributed by atoms with E-state index in [-0.39, 0.29) is 5.82 Å². The van der Waals surface area contributed by atoms with E-state index in [9.17, 15) is 4.39 Å². The van der Waals surface area contributed by atoms with Crippen molar-refractivity contribution in [1.29, 1.82) is 0 Å². The first-order valence-corrected chi connectivity index (χ1v) is 7.79. The number of hydrogen-bond donors (Lipinski definition) is 1. The van der Waals surface area contributed by atoms with Gasteiger partial charge >= 0.3 is 0 Å². The topological polar surface area (TPSA) is 27.6 Å². The SMILES string of the molecule is CCN(C)C=Nc1cc(C)c(Nc2cc(C)ccc2C)cc1F. The summed E-state index contributed by atoms with van der Waals surface area (Å²) in [4.78, 5) is 6.12. The Hall–Kier alpha value is -2.36. The Bertz CT molecular complexity index is 723. The predicted octanol–water partition coefficient (Wildman–Crippen LogP) is 5.11. The predicted molar refractivity (Wildman–Crippen MR) is 96.8 cm³/mol. The molecule has 2 aromatic rings. The smallest absolute Gasteiger partial charge is 0.150 e. The number of anilines is 2. The van der Waals surface area contributed by atoms with Crippen LogP contribution in [0.2, 0.25) is 0 Å². The van der Waals surface area contributed by atoms with E-state index in [0.717, 1.165) is 29.0 Å². The van der Waals surface area contributed by atoms with Crippen molar-refractivity contribution in [1.82, 2.24) is 4.90 Å². The summed E-state index contributed by atoms with van der Waals surface area (Å²) >= 11 is 0. The molecule has 122 valence electrons. The van der Waals surface area contributed by atoms with E-state index >= 15 is 0 Å². The molecule has 0 bridgehead atoms. The highest BCUT2D eigenvalue weighted by Gasteiger charge is 2.08. The van der Waals surface area contributed by atoms with Crippen LogP contribution in [0.15, 0.2) is 35.3 Å². The zero-order valence-corrected chi connectivity index (χ0v) is 14.4. The van der Waals surface area contributed by atoms with E-state index in [0.29, 0.717) is 5.69 Å². The van der Waals surface area contributed by atoms with E-state index in [1.54, 1.807) is 12.4 Å². The fraction of sp³-hybridized carbons (Fsp3) is 0.316. The van der Waals surface area contributed by atoms with Crippen LogP contribution < -0.4 is 5.32 Å². The minimum absolute atomic E-state index is 0.329. The van der Waals surface area contributed by atoms with Gasteiger partial charge in [-0.1, -0.05) is 12.1 Å². The molecule has 0 aromatic heterocycles. The first kappa shape index (κ1) is 17.0. The van der Waals surface area contributed by atoms with Crippen LogP contribution in [0.25, 0.3) is 0 Å². The van der Waals surface area contributed by atoms with Gasteiger partial charge in [-0.05, 0) is 62.6 Å². The van der Waals surface area contributed by atoms with Gasteiger partial charge in [-0.2, -0.15) is 0 Å². The Labute approximate surface area is 137 Å². The van der Waals surface area contributed by atoms with Gasteiger partial charge in [0.25, 0.3) is 0 Å². The molecule has 0 unspecified atom stereocenters. The van der Waals surface area contributed by atoms with Gasteiger partial charge in [0, 0.05) is 25.0 Å². The quantitative estimate of drug-likeness (QED) is 0.614. The third-order valence-corrected chi connectivity index (χ3v) is 3.85. The standard InChI is InChI=1S/C19H24FN3/c1-6-23(5)12-21-19-10-15(4)18(11-16(19)20)22-17-9-13(2)7-8-14(17)3/h7-12,22H,6H2,1-5H3. The minimum atomic E-state index is -0.329. The lowest BCUT2D eigenvalue weighted by atomic mass is 10.1. The van der Waals surface area contributed by atoms with Crippen molar-refractivity contribution in [2.45, 2.75) is 27.7 Å². The normalized spacial score (nSPS) is 11.0. The number of nitrogens with one attached hydrogen (secondary N) is 1. The summed E-state index contributed by atoms with van der Waals surface area (Å²) in [6, 6.07) is 9.46. The van der Waals surface area contributed by atoms with E-state index < -0.39 is 0 Å². The van der Waals surface area contributed by atoms with Crippen LogP contribution in [0.5, 0.6) is 0 Å². The van der Waals surface area contributed by atoms with Gasteiger partial charge in [-0.15, -0.1) is 0 Å². The first-order chi connectivity index (χ1) is 10.9. The third-order valence-electron chi connectivity index (χ3n) is 3.85. The molecule has 2 aromatic carbocycles. The lowest BCUT2D eigenvalue weighted by molar-refractivity contribution is 0.551. The van der Waals surface area contributed by atoms with Crippen LogP contribution >= 0.6 is 0 Å². The van der Waals surface area contributed by atoms with Crippen molar-refractivity contribution in [3.63, 3.8) is 0 Å². The van der Waals surface area contributed by atoms with E-state index in [1.807, 2.05) is 39.6 Å². The van der Waals surface area contributed by atoms with E-state index in [1.165, 1.54) is 11.6 Å². The zero-order valence-electron chi connectivity index (χ0n) is 14.4. The monoisotopic (exact) mass is 313 g/mol. The maximum Gasteiger partial charge on any atom is 0.150 e. The number of hydrogen-bond acceptors (Lipinski definition) is 2. The summed E-state index contributed by atoms with van der Waals surface area (Å²) in [5.41, 5.74) is 5.36. The van der Waals surface area contributed by atoms with Crippen molar-refractivity contribution in [2.75, 3.05) is 18.9 Å². The number of nitrogens with zero attached hydrogens (tertiary/aromatic N) is 2. The zero-order chi connectivity index (χ0) is 17.0. The molecule has 0 saturated heterocycles. The molecule has 0 radical (unpaired) electrons. The maximum atomic E-state index is 14.3. The van der Waals surface area contributed by atoms with Gasteiger partial charge in [0.15, 0.2) is 5.82 Å². The summed E-state index contributed by atoms with van der Waals surface area (Å²) in [6.45, 7) is 8.88. The van der Waals surface area contributed by atoms with Crippen molar-refractivity contribution < 1.29 is 4.39 Å². The molecule has 0 saturated carbocycles. The number of rotatable bonds is 5. The van der Waals surface area contributed by atoms with Gasteiger partial charge in [-0.25, -0.2) is 9.38 Å². The van der Waals surface area contributed by atoms with Gasteiger partial charge in [0.2, 0.25) is 0 Å². The van der Waals surface area contributed by atoms with E-state index in [2.05, 4.69) is 28.5 Å². The van der Waals surface area contributed by atoms with Gasteiger partial charge in [0.1, 0.15) is 5.69 Å². The molecule has 1 N–H and O–H groups in total. The van der Waals surface area contributed by atoms with Crippen LogP contribution in [0.3, 0.4) is 0 Å². The molecule has 0 aliphatic carbocycles. The second-order valence-corrected chi connectivity index (χ2v) is 5.88.